The highest BCUT2D eigenvalue weighted by Gasteiger charge is 2.47. The molecule has 1 aromatic carbocycles. The van der Waals surface area contributed by atoms with Gasteiger partial charge < -0.3 is 24.6 Å². The summed E-state index contributed by atoms with van der Waals surface area (Å²) in [5, 5.41) is 11.7. The van der Waals surface area contributed by atoms with E-state index in [0.29, 0.717) is 18.6 Å². The van der Waals surface area contributed by atoms with Crippen LogP contribution < -0.4 is 14.8 Å². The number of ether oxygens (including phenoxy) is 1. The number of rotatable bonds is 3. The first-order valence-corrected chi connectivity index (χ1v) is 11.7. The van der Waals surface area contributed by atoms with Crippen molar-refractivity contribution in [2.45, 2.75) is 30.3 Å². The molecule has 1 saturated heterocycles. The SMILES string of the molecule is CCC1[C@H]2COc3c(cn(C)c3C(=O)Nc3cc(F)c(F)c(F)c3)S(=O)(=O)N[C@H]2CN1C(=O)O. The summed E-state index contributed by atoms with van der Waals surface area (Å²) in [5.41, 5.74) is -0.646. The highest BCUT2D eigenvalue weighted by atomic mass is 32.2. The minimum Gasteiger partial charge on any atom is -0.489 e. The molecule has 0 spiro atoms. The monoisotopic (exact) mass is 502 g/mol. The highest BCUT2D eigenvalue weighted by Crippen LogP contribution is 2.37. The zero-order chi connectivity index (χ0) is 24.9. The van der Waals surface area contributed by atoms with Crippen molar-refractivity contribution >= 4 is 27.7 Å². The van der Waals surface area contributed by atoms with Crippen molar-refractivity contribution in [2.24, 2.45) is 13.0 Å². The van der Waals surface area contributed by atoms with Gasteiger partial charge in [-0.25, -0.2) is 31.1 Å². The molecule has 4 rings (SSSR count). The predicted molar refractivity (Wildman–Crippen MR) is 112 cm³/mol. The molecule has 1 aromatic heterocycles. The molecule has 3 atom stereocenters. The molecule has 3 heterocycles. The molecule has 2 aliphatic rings. The van der Waals surface area contributed by atoms with Crippen LogP contribution in [0, 0.1) is 23.4 Å². The third kappa shape index (κ3) is 3.96. The number of amides is 2. The number of benzene rings is 1. The first kappa shape index (κ1) is 23.9. The Balaban J connectivity index is 1.70. The van der Waals surface area contributed by atoms with Gasteiger partial charge in [-0.3, -0.25) is 4.79 Å². The molecule has 1 unspecified atom stereocenters. The molecule has 14 heteroatoms. The third-order valence-corrected chi connectivity index (χ3v) is 7.53. The number of carbonyl (C=O) groups is 2. The summed E-state index contributed by atoms with van der Waals surface area (Å²) in [6, 6.07) is -0.0884. The molecule has 184 valence electrons. The Labute approximate surface area is 192 Å². The second kappa shape index (κ2) is 8.51. The number of nitrogens with zero attached hydrogens (tertiary/aromatic N) is 2. The Morgan fingerprint density at radius 1 is 1.26 bits per heavy atom. The molecule has 0 aliphatic carbocycles. The number of halogens is 3. The van der Waals surface area contributed by atoms with E-state index in [1.807, 2.05) is 0 Å². The molecular formula is C20H21F3N4O6S. The lowest BCUT2D eigenvalue weighted by molar-refractivity contribution is 0.101. The number of likely N-dealkylation sites (tertiary alicyclic amines) is 1. The minimum absolute atomic E-state index is 0.0572. The fourth-order valence-electron chi connectivity index (χ4n) is 4.51. The van der Waals surface area contributed by atoms with Crippen LogP contribution >= 0.6 is 0 Å². The topological polar surface area (TPSA) is 130 Å². The Bertz CT molecular complexity index is 1260. The molecule has 2 aliphatic heterocycles. The van der Waals surface area contributed by atoms with Crippen LogP contribution in [-0.4, -0.2) is 60.2 Å². The van der Waals surface area contributed by atoms with E-state index in [4.69, 9.17) is 4.74 Å². The van der Waals surface area contributed by atoms with E-state index in [-0.39, 0.29) is 35.2 Å². The van der Waals surface area contributed by atoms with Crippen molar-refractivity contribution in [3.63, 3.8) is 0 Å². The molecule has 2 amide bonds. The van der Waals surface area contributed by atoms with Crippen LogP contribution in [0.15, 0.2) is 23.2 Å². The van der Waals surface area contributed by atoms with Crippen molar-refractivity contribution in [1.29, 1.82) is 0 Å². The number of hydrogen-bond acceptors (Lipinski definition) is 5. The number of aryl methyl sites for hydroxylation is 1. The lowest BCUT2D eigenvalue weighted by Crippen LogP contribution is -2.44. The quantitative estimate of drug-likeness (QED) is 0.552. The number of hydrogen-bond donors (Lipinski definition) is 3. The van der Waals surface area contributed by atoms with E-state index < -0.39 is 57.5 Å². The van der Waals surface area contributed by atoms with Gasteiger partial charge in [-0.2, -0.15) is 0 Å². The molecule has 0 radical (unpaired) electrons. The van der Waals surface area contributed by atoms with Crippen LogP contribution in [0.3, 0.4) is 0 Å². The van der Waals surface area contributed by atoms with E-state index in [1.165, 1.54) is 11.6 Å². The summed E-state index contributed by atoms with van der Waals surface area (Å²) in [4.78, 5) is 25.3. The summed E-state index contributed by atoms with van der Waals surface area (Å²) in [7, 11) is -2.85. The average molecular weight is 502 g/mol. The molecule has 3 N–H and O–H groups in total. The van der Waals surface area contributed by atoms with Gasteiger partial charge in [0.25, 0.3) is 5.91 Å². The van der Waals surface area contributed by atoms with Gasteiger partial charge in [0.1, 0.15) is 4.90 Å². The Hall–Kier alpha value is -3.26. The highest BCUT2D eigenvalue weighted by molar-refractivity contribution is 7.89. The van der Waals surface area contributed by atoms with Crippen molar-refractivity contribution in [3.05, 3.63) is 41.5 Å². The smallest absolute Gasteiger partial charge is 0.407 e. The first-order chi connectivity index (χ1) is 15.9. The molecule has 0 saturated carbocycles. The number of nitrogens with one attached hydrogen (secondary N) is 2. The van der Waals surface area contributed by atoms with E-state index in [1.54, 1.807) is 6.92 Å². The van der Waals surface area contributed by atoms with Crippen LogP contribution in [0.5, 0.6) is 5.75 Å². The minimum atomic E-state index is -4.23. The standard InChI is InChI=1S/C20H21F3N4O6S/c1-3-14-10-8-33-18-15(34(31,32)25-13(10)6-27(14)20(29)30)7-26(2)17(18)19(28)24-9-4-11(21)16(23)12(22)5-9/h4-5,7,10,13-14,25H,3,6,8H2,1-2H3,(H,24,28)(H,29,30)/t10-,13-,14?/m0/s1. The molecule has 10 nitrogen and oxygen atoms in total. The number of sulfonamides is 1. The second-order valence-corrected chi connectivity index (χ2v) is 9.79. The Morgan fingerprint density at radius 3 is 2.50 bits per heavy atom. The zero-order valence-electron chi connectivity index (χ0n) is 18.0. The average Bonchev–Trinajstić information content (AvgIpc) is 3.26. The van der Waals surface area contributed by atoms with Gasteiger partial charge in [-0.05, 0) is 6.42 Å². The fraction of sp³-hybridized carbons (Fsp3) is 0.400. The third-order valence-electron chi connectivity index (χ3n) is 6.04. The van der Waals surface area contributed by atoms with Crippen LogP contribution in [0.4, 0.5) is 23.7 Å². The maximum absolute atomic E-state index is 13.5. The van der Waals surface area contributed by atoms with Gasteiger partial charge in [-0.1, -0.05) is 6.92 Å². The van der Waals surface area contributed by atoms with Crippen LogP contribution in [-0.2, 0) is 17.1 Å². The molecule has 2 aromatic rings. The largest absolute Gasteiger partial charge is 0.489 e. The van der Waals surface area contributed by atoms with E-state index >= 15 is 0 Å². The van der Waals surface area contributed by atoms with Crippen molar-refractivity contribution in [1.82, 2.24) is 14.2 Å². The Kier molecular flexibility index (Phi) is 5.97. The molecule has 0 bridgehead atoms. The molecular weight excluding hydrogens is 481 g/mol. The van der Waals surface area contributed by atoms with Crippen molar-refractivity contribution < 1.29 is 41.0 Å². The summed E-state index contributed by atoms with van der Waals surface area (Å²) >= 11 is 0. The first-order valence-electron chi connectivity index (χ1n) is 10.2. The van der Waals surface area contributed by atoms with Crippen LogP contribution in [0.25, 0.3) is 0 Å². The Morgan fingerprint density at radius 2 is 1.91 bits per heavy atom. The fourth-order valence-corrected chi connectivity index (χ4v) is 5.98. The van der Waals surface area contributed by atoms with Gasteiger partial charge in [0, 0.05) is 55.6 Å². The van der Waals surface area contributed by atoms with E-state index in [2.05, 4.69) is 10.0 Å². The summed E-state index contributed by atoms with van der Waals surface area (Å²) in [6.45, 7) is 1.62. The van der Waals surface area contributed by atoms with Gasteiger partial charge in [-0.15, -0.1) is 0 Å². The zero-order valence-corrected chi connectivity index (χ0v) is 18.8. The number of carbonyl (C=O) groups excluding carboxylic acids is 1. The van der Waals surface area contributed by atoms with Crippen molar-refractivity contribution in [2.75, 3.05) is 18.5 Å². The van der Waals surface area contributed by atoms with Crippen molar-refractivity contribution in [3.8, 4) is 5.75 Å². The van der Waals surface area contributed by atoms with Gasteiger partial charge in [0.05, 0.1) is 6.61 Å². The van der Waals surface area contributed by atoms with Gasteiger partial charge in [0.2, 0.25) is 10.0 Å². The maximum atomic E-state index is 13.5. The molecule has 34 heavy (non-hydrogen) atoms. The number of carboxylic acid groups (broad SMARTS) is 1. The van der Waals surface area contributed by atoms with Crippen LogP contribution in [0.1, 0.15) is 23.8 Å². The summed E-state index contributed by atoms with van der Waals surface area (Å²) in [5.74, 6) is -6.50. The normalized spacial score (nSPS) is 23.3. The van der Waals surface area contributed by atoms with E-state index in [0.717, 1.165) is 11.1 Å². The maximum Gasteiger partial charge on any atom is 0.407 e. The second-order valence-electron chi connectivity index (χ2n) is 8.10. The van der Waals surface area contributed by atoms with E-state index in [9.17, 15) is 36.3 Å². The van der Waals surface area contributed by atoms with Gasteiger partial charge in [0.15, 0.2) is 28.9 Å². The lowest BCUT2D eigenvalue weighted by atomic mass is 9.96. The number of aromatic nitrogens is 1. The number of fused-ring (bicyclic) bond motifs is 2. The summed E-state index contributed by atoms with van der Waals surface area (Å²) in [6.07, 6.45) is 0.366. The van der Waals surface area contributed by atoms with Gasteiger partial charge >= 0.3 is 6.09 Å². The number of anilines is 1. The van der Waals surface area contributed by atoms with Crippen LogP contribution in [0.2, 0.25) is 0 Å². The summed E-state index contributed by atoms with van der Waals surface area (Å²) < 4.78 is 76.0. The lowest BCUT2D eigenvalue weighted by Gasteiger charge is -2.27. The predicted octanol–water partition coefficient (Wildman–Crippen LogP) is 2.12. The molecule has 1 fully saturated rings.